The molecule has 0 saturated heterocycles. The first kappa shape index (κ1) is 12.3. The molecule has 0 bridgehead atoms. The first-order valence-electron chi connectivity index (χ1n) is 5.70. The molecule has 0 saturated carbocycles. The molecule has 96 valence electrons. The van der Waals surface area contributed by atoms with E-state index in [1.54, 1.807) is 31.4 Å². The summed E-state index contributed by atoms with van der Waals surface area (Å²) in [5.41, 5.74) is 0.673. The molecule has 7 nitrogen and oxygen atoms in total. The summed E-state index contributed by atoms with van der Waals surface area (Å²) in [6.45, 7) is 2.40. The highest BCUT2D eigenvalue weighted by molar-refractivity contribution is 5.76. The molecule has 0 spiro atoms. The van der Waals surface area contributed by atoms with Crippen molar-refractivity contribution in [2.24, 2.45) is 0 Å². The number of carbonyl (C=O) groups excluding carboxylic acids is 1. The fraction of sp³-hybridized carbons (Fsp3) is 0.455. The highest BCUT2D eigenvalue weighted by atomic mass is 16.2. The maximum absolute atomic E-state index is 11.4. The Morgan fingerprint density at radius 3 is 2.94 bits per heavy atom. The Morgan fingerprint density at radius 1 is 1.44 bits per heavy atom. The van der Waals surface area contributed by atoms with Crippen LogP contribution >= 0.6 is 0 Å². The van der Waals surface area contributed by atoms with Crippen LogP contribution in [0.15, 0.2) is 12.4 Å². The highest BCUT2D eigenvalue weighted by Gasteiger charge is 2.08. The third-order valence-electron chi connectivity index (χ3n) is 2.63. The van der Waals surface area contributed by atoms with Gasteiger partial charge in [-0.05, 0) is 6.92 Å². The van der Waals surface area contributed by atoms with Crippen molar-refractivity contribution in [2.45, 2.75) is 13.3 Å². The number of fused-ring (bicyclic) bond motifs is 1. The summed E-state index contributed by atoms with van der Waals surface area (Å²) in [7, 11) is 3.48. The van der Waals surface area contributed by atoms with Gasteiger partial charge < -0.3 is 10.2 Å². The fourth-order valence-corrected chi connectivity index (χ4v) is 1.58. The molecule has 0 aromatic carbocycles. The van der Waals surface area contributed by atoms with Crippen molar-refractivity contribution in [2.75, 3.05) is 26.0 Å². The Bertz CT molecular complexity index is 562. The molecule has 0 atom stereocenters. The monoisotopic (exact) mass is 248 g/mol. The van der Waals surface area contributed by atoms with E-state index in [1.165, 1.54) is 0 Å². The molecule has 7 heteroatoms. The molecule has 1 amide bonds. The minimum absolute atomic E-state index is 0.0760. The molecule has 0 unspecified atom stereocenters. The second kappa shape index (κ2) is 4.99. The lowest BCUT2D eigenvalue weighted by atomic mass is 10.4. The standard InChI is InChI=1S/C11H16N6O/c1-8-14-15-11-10(13-6-7-17(8)11)12-5-4-9(18)16(2)3/h6-7H,4-5H2,1-3H3,(H,12,13). The van der Waals surface area contributed by atoms with Crippen LogP contribution in [0.3, 0.4) is 0 Å². The Balaban J connectivity index is 2.06. The van der Waals surface area contributed by atoms with Crippen molar-refractivity contribution >= 4 is 17.4 Å². The normalized spacial score (nSPS) is 10.6. The maximum atomic E-state index is 11.4. The van der Waals surface area contributed by atoms with Crippen LogP contribution < -0.4 is 5.32 Å². The number of nitrogens with one attached hydrogen (secondary N) is 1. The van der Waals surface area contributed by atoms with Gasteiger partial charge in [-0.15, -0.1) is 10.2 Å². The molecule has 2 aromatic rings. The molecule has 0 aliphatic carbocycles. The van der Waals surface area contributed by atoms with Crippen LogP contribution in [0.25, 0.3) is 5.65 Å². The average Bonchev–Trinajstić information content (AvgIpc) is 2.72. The van der Waals surface area contributed by atoms with Crippen molar-refractivity contribution < 1.29 is 4.79 Å². The summed E-state index contributed by atoms with van der Waals surface area (Å²) >= 11 is 0. The van der Waals surface area contributed by atoms with Crippen LogP contribution in [-0.2, 0) is 4.79 Å². The fourth-order valence-electron chi connectivity index (χ4n) is 1.58. The molecule has 0 aliphatic rings. The summed E-state index contributed by atoms with van der Waals surface area (Å²) in [6.07, 6.45) is 3.91. The Labute approximate surface area is 105 Å². The molecule has 2 aromatic heterocycles. The highest BCUT2D eigenvalue weighted by Crippen LogP contribution is 2.11. The van der Waals surface area contributed by atoms with Gasteiger partial charge in [-0.3, -0.25) is 9.20 Å². The van der Waals surface area contributed by atoms with Gasteiger partial charge in [-0.1, -0.05) is 0 Å². The first-order chi connectivity index (χ1) is 8.59. The predicted octanol–water partition coefficient (Wildman–Crippen LogP) is 0.323. The van der Waals surface area contributed by atoms with Crippen LogP contribution in [0, 0.1) is 6.92 Å². The molecule has 2 rings (SSSR count). The van der Waals surface area contributed by atoms with Crippen molar-refractivity contribution in [1.82, 2.24) is 24.5 Å². The average molecular weight is 248 g/mol. The molecular formula is C11H16N6O. The van der Waals surface area contributed by atoms with Crippen LogP contribution in [0.5, 0.6) is 0 Å². The quantitative estimate of drug-likeness (QED) is 0.843. The predicted molar refractivity (Wildman–Crippen MR) is 67.3 cm³/mol. The van der Waals surface area contributed by atoms with Crippen LogP contribution in [-0.4, -0.2) is 51.0 Å². The zero-order valence-corrected chi connectivity index (χ0v) is 10.7. The number of carbonyl (C=O) groups is 1. The van der Waals surface area contributed by atoms with Crippen LogP contribution in [0.4, 0.5) is 5.82 Å². The van der Waals surface area contributed by atoms with E-state index in [4.69, 9.17) is 0 Å². The van der Waals surface area contributed by atoms with E-state index in [2.05, 4.69) is 20.5 Å². The van der Waals surface area contributed by atoms with E-state index >= 15 is 0 Å². The van der Waals surface area contributed by atoms with Gasteiger partial charge >= 0.3 is 0 Å². The molecule has 1 N–H and O–H groups in total. The van der Waals surface area contributed by atoms with Crippen LogP contribution in [0.1, 0.15) is 12.2 Å². The van der Waals surface area contributed by atoms with Gasteiger partial charge in [0.15, 0.2) is 5.82 Å². The second-order valence-corrected chi connectivity index (χ2v) is 4.18. The lowest BCUT2D eigenvalue weighted by Gasteiger charge is -2.10. The summed E-state index contributed by atoms with van der Waals surface area (Å²) in [6, 6.07) is 0. The third-order valence-corrected chi connectivity index (χ3v) is 2.63. The van der Waals surface area contributed by atoms with Gasteiger partial charge in [0, 0.05) is 39.5 Å². The van der Waals surface area contributed by atoms with Gasteiger partial charge in [0.05, 0.1) is 0 Å². The van der Waals surface area contributed by atoms with E-state index in [0.29, 0.717) is 24.4 Å². The molecule has 0 radical (unpaired) electrons. The van der Waals surface area contributed by atoms with Crippen molar-refractivity contribution in [3.8, 4) is 0 Å². The number of aryl methyl sites for hydroxylation is 1. The number of rotatable bonds is 4. The maximum Gasteiger partial charge on any atom is 0.223 e. The van der Waals surface area contributed by atoms with E-state index in [-0.39, 0.29) is 5.91 Å². The SMILES string of the molecule is Cc1nnc2c(NCCC(=O)N(C)C)nccn12. The summed E-state index contributed by atoms with van der Waals surface area (Å²) in [4.78, 5) is 17.2. The van der Waals surface area contributed by atoms with E-state index < -0.39 is 0 Å². The Hall–Kier alpha value is -2.18. The van der Waals surface area contributed by atoms with Crippen molar-refractivity contribution in [3.05, 3.63) is 18.2 Å². The lowest BCUT2D eigenvalue weighted by Crippen LogP contribution is -2.24. The molecule has 18 heavy (non-hydrogen) atoms. The van der Waals surface area contributed by atoms with Crippen molar-refractivity contribution in [3.63, 3.8) is 0 Å². The summed E-state index contributed by atoms with van der Waals surface area (Å²) in [5.74, 6) is 1.52. The van der Waals surface area contributed by atoms with Gasteiger partial charge in [0.2, 0.25) is 11.6 Å². The summed E-state index contributed by atoms with van der Waals surface area (Å²) in [5, 5.41) is 11.1. The number of amides is 1. The molecule has 0 aliphatic heterocycles. The molecular weight excluding hydrogens is 232 g/mol. The van der Waals surface area contributed by atoms with Gasteiger partial charge in [-0.2, -0.15) is 0 Å². The second-order valence-electron chi connectivity index (χ2n) is 4.18. The minimum Gasteiger partial charge on any atom is -0.366 e. The number of hydrogen-bond donors (Lipinski definition) is 1. The topological polar surface area (TPSA) is 75.4 Å². The van der Waals surface area contributed by atoms with Gasteiger partial charge in [0.1, 0.15) is 5.82 Å². The number of aromatic nitrogens is 4. The zero-order chi connectivity index (χ0) is 13.1. The van der Waals surface area contributed by atoms with Crippen molar-refractivity contribution in [1.29, 1.82) is 0 Å². The largest absolute Gasteiger partial charge is 0.366 e. The number of hydrogen-bond acceptors (Lipinski definition) is 5. The third kappa shape index (κ3) is 2.39. The lowest BCUT2D eigenvalue weighted by molar-refractivity contribution is -0.128. The molecule has 2 heterocycles. The summed E-state index contributed by atoms with van der Waals surface area (Å²) < 4.78 is 1.85. The van der Waals surface area contributed by atoms with E-state index in [1.807, 2.05) is 11.3 Å². The van der Waals surface area contributed by atoms with Crippen LogP contribution in [0.2, 0.25) is 0 Å². The minimum atomic E-state index is 0.0760. The smallest absolute Gasteiger partial charge is 0.223 e. The Morgan fingerprint density at radius 2 is 2.22 bits per heavy atom. The molecule has 0 fully saturated rings. The van der Waals surface area contributed by atoms with Gasteiger partial charge in [0.25, 0.3) is 0 Å². The zero-order valence-electron chi connectivity index (χ0n) is 10.7. The van der Waals surface area contributed by atoms with Gasteiger partial charge in [-0.25, -0.2) is 4.98 Å². The van der Waals surface area contributed by atoms with E-state index in [0.717, 1.165) is 5.82 Å². The first-order valence-corrected chi connectivity index (χ1v) is 5.70. The number of nitrogens with zero attached hydrogens (tertiary/aromatic N) is 5. The Kier molecular flexibility index (Phi) is 3.40. The van der Waals surface area contributed by atoms with E-state index in [9.17, 15) is 4.79 Å². The number of anilines is 1.